The fourth-order valence-corrected chi connectivity index (χ4v) is 4.20. The molecule has 31 heavy (non-hydrogen) atoms. The monoisotopic (exact) mass is 508 g/mol. The number of phenolic OH excluding ortho intramolecular Hbond substituents is 1. The molecule has 0 radical (unpaired) electrons. The zero-order chi connectivity index (χ0) is 22.9. The van der Waals surface area contributed by atoms with Crippen LogP contribution in [0.5, 0.6) is 5.75 Å². The molecule has 0 amide bonds. The Morgan fingerprint density at radius 1 is 1.29 bits per heavy atom. The van der Waals surface area contributed by atoms with Gasteiger partial charge in [0.15, 0.2) is 0 Å². The number of halogens is 2. The summed E-state index contributed by atoms with van der Waals surface area (Å²) in [6.45, 7) is 6.94. The van der Waals surface area contributed by atoms with Crippen molar-refractivity contribution in [3.63, 3.8) is 0 Å². The average molecular weight is 509 g/mol. The van der Waals surface area contributed by atoms with Crippen LogP contribution >= 0.6 is 15.9 Å². The van der Waals surface area contributed by atoms with E-state index in [1.165, 1.54) is 22.8 Å². The summed E-state index contributed by atoms with van der Waals surface area (Å²) in [5.74, 6) is -2.74. The zero-order valence-electron chi connectivity index (χ0n) is 17.3. The Morgan fingerprint density at radius 2 is 2.00 bits per heavy atom. The number of nitrogens with zero attached hydrogens (tertiary/aromatic N) is 2. The molecule has 0 atom stereocenters. The summed E-state index contributed by atoms with van der Waals surface area (Å²) in [6, 6.07) is 7.63. The smallest absolute Gasteiger partial charge is 0.338 e. The Balaban J connectivity index is 2.18. The SMILES string of the molecule is C[Si](C)(C)CCOCn1c(=O)c(-c2cccc(C(=O)O)c2F)nc2c(O)cc(Br)cc21. The van der Waals surface area contributed by atoms with Crippen LogP contribution < -0.4 is 5.56 Å². The molecule has 2 aromatic carbocycles. The molecule has 0 fully saturated rings. The van der Waals surface area contributed by atoms with Gasteiger partial charge in [-0.05, 0) is 30.3 Å². The van der Waals surface area contributed by atoms with Crippen molar-refractivity contribution in [1.29, 1.82) is 0 Å². The number of hydrogen-bond donors (Lipinski definition) is 2. The van der Waals surface area contributed by atoms with Crippen molar-refractivity contribution in [2.45, 2.75) is 32.4 Å². The molecule has 0 spiro atoms. The summed E-state index contributed by atoms with van der Waals surface area (Å²) in [7, 11) is -1.35. The first-order chi connectivity index (χ1) is 14.5. The predicted molar refractivity (Wildman–Crippen MR) is 122 cm³/mol. The number of carboxylic acid groups (broad SMARTS) is 1. The summed E-state index contributed by atoms with van der Waals surface area (Å²) < 4.78 is 22.4. The minimum atomic E-state index is -1.46. The van der Waals surface area contributed by atoms with E-state index in [2.05, 4.69) is 40.6 Å². The molecule has 3 aromatic rings. The van der Waals surface area contributed by atoms with Gasteiger partial charge < -0.3 is 14.9 Å². The molecule has 0 aliphatic rings. The molecule has 164 valence electrons. The second-order valence-electron chi connectivity index (χ2n) is 8.31. The molecule has 1 heterocycles. The van der Waals surface area contributed by atoms with Gasteiger partial charge >= 0.3 is 5.97 Å². The molecule has 7 nitrogen and oxygen atoms in total. The Kier molecular flexibility index (Phi) is 6.63. The topological polar surface area (TPSA) is 102 Å². The van der Waals surface area contributed by atoms with Gasteiger partial charge in [0.25, 0.3) is 5.56 Å². The highest BCUT2D eigenvalue weighted by Gasteiger charge is 2.22. The first kappa shape index (κ1) is 23.1. The largest absolute Gasteiger partial charge is 0.506 e. The zero-order valence-corrected chi connectivity index (χ0v) is 19.9. The summed E-state index contributed by atoms with van der Waals surface area (Å²) >= 11 is 3.29. The fourth-order valence-electron chi connectivity index (χ4n) is 3.01. The number of hydrogen-bond acceptors (Lipinski definition) is 5. The maximum atomic E-state index is 14.9. The minimum absolute atomic E-state index is 0.0757. The summed E-state index contributed by atoms with van der Waals surface area (Å²) in [5, 5.41) is 19.6. The Hall–Kier alpha value is -2.56. The third kappa shape index (κ3) is 5.03. The van der Waals surface area contributed by atoms with Crippen molar-refractivity contribution in [2.24, 2.45) is 0 Å². The number of phenols is 1. The number of carbonyl (C=O) groups is 1. The third-order valence-corrected chi connectivity index (χ3v) is 6.86. The molecule has 0 saturated heterocycles. The van der Waals surface area contributed by atoms with E-state index in [9.17, 15) is 24.2 Å². The number of aromatic hydroxyl groups is 1. The quantitative estimate of drug-likeness (QED) is 0.354. The molecular weight excluding hydrogens is 487 g/mol. The maximum absolute atomic E-state index is 14.9. The lowest BCUT2D eigenvalue weighted by molar-refractivity contribution is 0.0692. The average Bonchev–Trinajstić information content (AvgIpc) is 2.66. The van der Waals surface area contributed by atoms with Gasteiger partial charge in [-0.1, -0.05) is 41.6 Å². The summed E-state index contributed by atoms with van der Waals surface area (Å²) in [4.78, 5) is 28.7. The number of aromatic carboxylic acids is 1. The fraction of sp³-hybridized carbons (Fsp3) is 0.286. The van der Waals surface area contributed by atoms with Crippen LogP contribution in [-0.4, -0.2) is 40.4 Å². The van der Waals surface area contributed by atoms with Gasteiger partial charge in [-0.25, -0.2) is 14.2 Å². The van der Waals surface area contributed by atoms with Crippen LogP contribution in [0, 0.1) is 5.82 Å². The van der Waals surface area contributed by atoms with Crippen LogP contribution in [-0.2, 0) is 11.5 Å². The number of aromatic nitrogens is 2. The minimum Gasteiger partial charge on any atom is -0.506 e. The van der Waals surface area contributed by atoms with E-state index in [1.807, 2.05) is 0 Å². The molecule has 10 heteroatoms. The van der Waals surface area contributed by atoms with E-state index in [-0.39, 0.29) is 29.3 Å². The van der Waals surface area contributed by atoms with Crippen molar-refractivity contribution in [3.8, 4) is 17.0 Å². The number of benzene rings is 2. The lowest BCUT2D eigenvalue weighted by Crippen LogP contribution is -2.27. The highest BCUT2D eigenvalue weighted by Crippen LogP contribution is 2.30. The second kappa shape index (κ2) is 8.89. The van der Waals surface area contributed by atoms with E-state index >= 15 is 0 Å². The van der Waals surface area contributed by atoms with E-state index < -0.39 is 31.0 Å². The lowest BCUT2D eigenvalue weighted by Gasteiger charge is -2.17. The van der Waals surface area contributed by atoms with E-state index in [0.29, 0.717) is 16.6 Å². The Bertz CT molecular complexity index is 1220. The van der Waals surface area contributed by atoms with Crippen molar-refractivity contribution >= 4 is 41.0 Å². The van der Waals surface area contributed by atoms with Crippen LogP contribution in [0.2, 0.25) is 25.7 Å². The highest BCUT2D eigenvalue weighted by molar-refractivity contribution is 9.10. The van der Waals surface area contributed by atoms with Gasteiger partial charge in [0.2, 0.25) is 0 Å². The van der Waals surface area contributed by atoms with Crippen LogP contribution in [0.15, 0.2) is 39.6 Å². The number of rotatable bonds is 7. The van der Waals surface area contributed by atoms with Crippen molar-refractivity contribution in [1.82, 2.24) is 9.55 Å². The standard InChI is InChI=1S/C21H22BrFN2O5Si/c1-31(2,3)8-7-30-11-25-15-9-12(22)10-16(26)19(15)24-18(20(25)27)13-5-4-6-14(17(13)23)21(28)29/h4-6,9-10,26H,7-8,11H2,1-3H3,(H,28,29). The molecule has 3 rings (SSSR count). The first-order valence-corrected chi connectivity index (χ1v) is 14.0. The van der Waals surface area contributed by atoms with Gasteiger partial charge in [-0.15, -0.1) is 0 Å². The lowest BCUT2D eigenvalue weighted by atomic mass is 10.1. The van der Waals surface area contributed by atoms with Crippen LogP contribution in [0.3, 0.4) is 0 Å². The molecule has 0 saturated carbocycles. The van der Waals surface area contributed by atoms with Gasteiger partial charge in [0, 0.05) is 24.7 Å². The molecule has 0 unspecified atom stereocenters. The normalized spacial score (nSPS) is 11.8. The first-order valence-electron chi connectivity index (χ1n) is 9.52. The van der Waals surface area contributed by atoms with Crippen LogP contribution in [0.4, 0.5) is 4.39 Å². The number of fused-ring (bicyclic) bond motifs is 1. The van der Waals surface area contributed by atoms with Gasteiger partial charge in [-0.2, -0.15) is 0 Å². The van der Waals surface area contributed by atoms with E-state index in [0.717, 1.165) is 12.1 Å². The van der Waals surface area contributed by atoms with Crippen molar-refractivity contribution < 1.29 is 24.1 Å². The number of carboxylic acids is 1. The maximum Gasteiger partial charge on any atom is 0.338 e. The third-order valence-electron chi connectivity index (χ3n) is 4.70. The van der Waals surface area contributed by atoms with E-state index in [1.54, 1.807) is 6.07 Å². The Labute approximate surface area is 187 Å². The summed E-state index contributed by atoms with van der Waals surface area (Å²) in [6.07, 6.45) is 0. The second-order valence-corrected chi connectivity index (χ2v) is 14.8. The van der Waals surface area contributed by atoms with Crippen molar-refractivity contribution in [2.75, 3.05) is 6.61 Å². The molecule has 0 bridgehead atoms. The number of ether oxygens (including phenoxy) is 1. The molecule has 0 aliphatic carbocycles. The molecule has 2 N–H and O–H groups in total. The van der Waals surface area contributed by atoms with E-state index in [4.69, 9.17) is 4.74 Å². The molecular formula is C21H22BrFN2O5Si. The van der Waals surface area contributed by atoms with Gasteiger partial charge in [-0.3, -0.25) is 9.36 Å². The van der Waals surface area contributed by atoms with Crippen LogP contribution in [0.1, 0.15) is 10.4 Å². The molecule has 0 aliphatic heterocycles. The van der Waals surface area contributed by atoms with Crippen molar-refractivity contribution in [3.05, 3.63) is 56.5 Å². The van der Waals surface area contributed by atoms with Gasteiger partial charge in [0.1, 0.15) is 29.5 Å². The Morgan fingerprint density at radius 3 is 2.65 bits per heavy atom. The molecule has 1 aromatic heterocycles. The van der Waals surface area contributed by atoms with Crippen LogP contribution in [0.25, 0.3) is 22.3 Å². The highest BCUT2D eigenvalue weighted by atomic mass is 79.9. The summed E-state index contributed by atoms with van der Waals surface area (Å²) in [5.41, 5.74) is -1.41. The predicted octanol–water partition coefficient (Wildman–Crippen LogP) is 4.68. The van der Waals surface area contributed by atoms with Gasteiger partial charge in [0.05, 0.1) is 11.1 Å².